The summed E-state index contributed by atoms with van der Waals surface area (Å²) in [7, 11) is 0. The molecule has 1 aromatic heterocycles. The molecule has 4 nitrogen and oxygen atoms in total. The highest BCUT2D eigenvalue weighted by atomic mass is 32.1. The van der Waals surface area contributed by atoms with Gasteiger partial charge < -0.3 is 14.6 Å². The zero-order chi connectivity index (χ0) is 12.9. The molecule has 0 saturated heterocycles. The van der Waals surface area contributed by atoms with E-state index in [1.54, 1.807) is 11.4 Å². The maximum atomic E-state index is 10.8. The number of hydrogen-bond acceptors (Lipinski definition) is 4. The minimum Gasteiger partial charge on any atom is -0.477 e. The topological polar surface area (TPSA) is 55.8 Å². The minimum absolute atomic E-state index is 0.169. The van der Waals surface area contributed by atoms with Crippen LogP contribution >= 0.6 is 11.3 Å². The van der Waals surface area contributed by atoms with Crippen LogP contribution in [0.25, 0.3) is 0 Å². The summed E-state index contributed by atoms with van der Waals surface area (Å²) in [5.41, 5.74) is 0.552. The maximum absolute atomic E-state index is 10.8. The number of hydrogen-bond donors (Lipinski definition) is 1. The van der Waals surface area contributed by atoms with Crippen molar-refractivity contribution in [1.29, 1.82) is 0 Å². The molecular formula is C12H18O4S. The molecule has 0 bridgehead atoms. The lowest BCUT2D eigenvalue weighted by Gasteiger charge is -2.19. The summed E-state index contributed by atoms with van der Waals surface area (Å²) in [5, 5.41) is 10.7. The van der Waals surface area contributed by atoms with Crippen molar-refractivity contribution in [3.63, 3.8) is 0 Å². The molecule has 0 amide bonds. The molecule has 0 aliphatic carbocycles. The van der Waals surface area contributed by atoms with Gasteiger partial charge in [0.25, 0.3) is 0 Å². The molecule has 0 fully saturated rings. The van der Waals surface area contributed by atoms with Gasteiger partial charge in [0.05, 0.1) is 25.4 Å². The van der Waals surface area contributed by atoms with Crippen LogP contribution in [0.15, 0.2) is 11.4 Å². The minimum atomic E-state index is -0.899. The van der Waals surface area contributed by atoms with Gasteiger partial charge in [0, 0.05) is 5.56 Å². The fourth-order valence-electron chi connectivity index (χ4n) is 1.23. The molecule has 1 aromatic rings. The first-order valence-corrected chi connectivity index (χ1v) is 6.29. The van der Waals surface area contributed by atoms with E-state index in [0.717, 1.165) is 5.56 Å². The van der Waals surface area contributed by atoms with Crippen LogP contribution in [0, 0.1) is 0 Å². The van der Waals surface area contributed by atoms with Gasteiger partial charge in [0.15, 0.2) is 0 Å². The van der Waals surface area contributed by atoms with Crippen molar-refractivity contribution in [1.82, 2.24) is 0 Å². The third-order valence-electron chi connectivity index (χ3n) is 1.96. The standard InChI is InChI=1S/C12H18O4S/c1-12(2,3)16-6-5-15-8-9-4-7-17-10(9)11(13)14/h4,7H,5-6,8H2,1-3H3,(H,13,14). The first kappa shape index (κ1) is 14.2. The lowest BCUT2D eigenvalue weighted by atomic mass is 10.2. The van der Waals surface area contributed by atoms with Crippen LogP contribution in [0.2, 0.25) is 0 Å². The number of ether oxygens (including phenoxy) is 2. The van der Waals surface area contributed by atoms with Gasteiger partial charge >= 0.3 is 5.97 Å². The van der Waals surface area contributed by atoms with Crippen LogP contribution in [-0.4, -0.2) is 29.9 Å². The first-order valence-electron chi connectivity index (χ1n) is 5.41. The van der Waals surface area contributed by atoms with Crippen LogP contribution in [-0.2, 0) is 16.1 Å². The van der Waals surface area contributed by atoms with Crippen molar-refractivity contribution in [3.05, 3.63) is 21.9 Å². The highest BCUT2D eigenvalue weighted by Crippen LogP contribution is 2.17. The van der Waals surface area contributed by atoms with Gasteiger partial charge in [-0.1, -0.05) is 0 Å². The summed E-state index contributed by atoms with van der Waals surface area (Å²) < 4.78 is 10.9. The monoisotopic (exact) mass is 258 g/mol. The van der Waals surface area contributed by atoms with Crippen molar-refractivity contribution in [3.8, 4) is 0 Å². The van der Waals surface area contributed by atoms with E-state index < -0.39 is 5.97 Å². The summed E-state index contributed by atoms with van der Waals surface area (Å²) in [6.45, 7) is 7.23. The van der Waals surface area contributed by atoms with Crippen molar-refractivity contribution in [2.24, 2.45) is 0 Å². The van der Waals surface area contributed by atoms with Crippen LogP contribution in [0.1, 0.15) is 36.0 Å². The molecule has 0 unspecified atom stereocenters. The lowest BCUT2D eigenvalue weighted by Crippen LogP contribution is -2.21. The second-order valence-corrected chi connectivity index (χ2v) is 5.51. The van der Waals surface area contributed by atoms with Gasteiger partial charge in [-0.15, -0.1) is 11.3 Å². The Morgan fingerprint density at radius 3 is 2.71 bits per heavy atom. The highest BCUT2D eigenvalue weighted by molar-refractivity contribution is 7.12. The summed E-state index contributed by atoms with van der Waals surface area (Å²) in [6, 6.07) is 1.78. The Bertz CT molecular complexity index is 365. The van der Waals surface area contributed by atoms with Crippen LogP contribution in [0.3, 0.4) is 0 Å². The fraction of sp³-hybridized carbons (Fsp3) is 0.583. The van der Waals surface area contributed by atoms with Crippen LogP contribution in [0.5, 0.6) is 0 Å². The molecular weight excluding hydrogens is 240 g/mol. The third-order valence-corrected chi connectivity index (χ3v) is 2.91. The van der Waals surface area contributed by atoms with Gasteiger partial charge in [-0.3, -0.25) is 0 Å². The Morgan fingerprint density at radius 1 is 1.41 bits per heavy atom. The van der Waals surface area contributed by atoms with Crippen molar-refractivity contribution in [2.45, 2.75) is 33.0 Å². The quantitative estimate of drug-likeness (QED) is 0.797. The van der Waals surface area contributed by atoms with E-state index >= 15 is 0 Å². The van der Waals surface area contributed by atoms with E-state index in [1.807, 2.05) is 20.8 Å². The number of carboxylic acid groups (broad SMARTS) is 1. The molecule has 0 aliphatic rings. The number of carbonyl (C=O) groups is 1. The largest absolute Gasteiger partial charge is 0.477 e. The summed E-state index contributed by atoms with van der Waals surface area (Å²) in [4.78, 5) is 11.2. The number of carboxylic acids is 1. The molecule has 1 heterocycles. The summed E-state index contributed by atoms with van der Waals surface area (Å²) in [5.74, 6) is -0.899. The summed E-state index contributed by atoms with van der Waals surface area (Å²) in [6.07, 6.45) is 0. The van der Waals surface area contributed by atoms with Crippen LogP contribution < -0.4 is 0 Å². The fourth-order valence-corrected chi connectivity index (χ4v) is 1.97. The molecule has 96 valence electrons. The van der Waals surface area contributed by atoms with E-state index in [2.05, 4.69) is 0 Å². The zero-order valence-corrected chi connectivity index (χ0v) is 11.2. The van der Waals surface area contributed by atoms with Crippen molar-refractivity contribution >= 4 is 17.3 Å². The average Bonchev–Trinajstić information content (AvgIpc) is 2.63. The third kappa shape index (κ3) is 5.30. The predicted molar refractivity (Wildman–Crippen MR) is 66.6 cm³/mol. The maximum Gasteiger partial charge on any atom is 0.346 e. The average molecular weight is 258 g/mol. The van der Waals surface area contributed by atoms with Gasteiger partial charge in [0.1, 0.15) is 4.88 Å². The van der Waals surface area contributed by atoms with E-state index in [9.17, 15) is 4.79 Å². The lowest BCUT2D eigenvalue weighted by molar-refractivity contribution is -0.0377. The molecule has 1 N–H and O–H groups in total. The Balaban J connectivity index is 2.27. The molecule has 0 aliphatic heterocycles. The van der Waals surface area contributed by atoms with Gasteiger partial charge in [0.2, 0.25) is 0 Å². The van der Waals surface area contributed by atoms with Crippen molar-refractivity contribution in [2.75, 3.05) is 13.2 Å². The second-order valence-electron chi connectivity index (χ2n) is 4.59. The molecule has 0 aromatic carbocycles. The number of aromatic carboxylic acids is 1. The molecule has 5 heteroatoms. The Kier molecular flexibility index (Phi) is 5.11. The normalized spacial score (nSPS) is 11.7. The Morgan fingerprint density at radius 2 is 2.12 bits per heavy atom. The summed E-state index contributed by atoms with van der Waals surface area (Å²) >= 11 is 1.21. The Hall–Kier alpha value is -0.910. The SMILES string of the molecule is CC(C)(C)OCCOCc1ccsc1C(=O)O. The zero-order valence-electron chi connectivity index (χ0n) is 10.4. The van der Waals surface area contributed by atoms with E-state index in [4.69, 9.17) is 14.6 Å². The van der Waals surface area contributed by atoms with E-state index in [-0.39, 0.29) is 5.60 Å². The second kappa shape index (κ2) is 6.14. The molecule has 17 heavy (non-hydrogen) atoms. The number of rotatable bonds is 6. The molecule has 0 spiro atoms. The Labute approximate surface area is 105 Å². The first-order chi connectivity index (χ1) is 7.90. The smallest absolute Gasteiger partial charge is 0.346 e. The van der Waals surface area contributed by atoms with Gasteiger partial charge in [-0.2, -0.15) is 0 Å². The highest BCUT2D eigenvalue weighted by Gasteiger charge is 2.12. The van der Waals surface area contributed by atoms with Crippen LogP contribution in [0.4, 0.5) is 0 Å². The van der Waals surface area contributed by atoms with Gasteiger partial charge in [-0.05, 0) is 32.2 Å². The molecule has 0 saturated carbocycles. The molecule has 0 radical (unpaired) electrons. The number of thiophene rings is 1. The van der Waals surface area contributed by atoms with Crippen molar-refractivity contribution < 1.29 is 19.4 Å². The molecule has 1 rings (SSSR count). The van der Waals surface area contributed by atoms with E-state index in [1.165, 1.54) is 11.3 Å². The van der Waals surface area contributed by atoms with Gasteiger partial charge in [-0.25, -0.2) is 4.79 Å². The van der Waals surface area contributed by atoms with E-state index in [0.29, 0.717) is 24.7 Å². The molecule has 0 atom stereocenters. The predicted octanol–water partition coefficient (Wildman–Crippen LogP) is 2.78.